The molecule has 0 N–H and O–H groups in total. The van der Waals surface area contributed by atoms with Crippen LogP contribution in [0.4, 0.5) is 13.2 Å². The molecule has 0 aliphatic carbocycles. The smallest absolute Gasteiger partial charge is 0.453 e. The number of benzene rings is 3. The number of alkyl halides is 3. The Bertz CT molecular complexity index is 1680. The second-order valence-corrected chi connectivity index (χ2v) is 12.0. The lowest BCUT2D eigenvalue weighted by molar-refractivity contribution is -0.152. The van der Waals surface area contributed by atoms with Gasteiger partial charge in [-0.2, -0.15) is 17.9 Å². The molecule has 0 bridgehead atoms. The maximum atomic E-state index is 13.7. The van der Waals surface area contributed by atoms with Crippen LogP contribution in [0.2, 0.25) is 0 Å². The van der Waals surface area contributed by atoms with Crippen molar-refractivity contribution in [3.8, 4) is 11.4 Å². The highest BCUT2D eigenvalue weighted by molar-refractivity contribution is 5.80. The second-order valence-electron chi connectivity index (χ2n) is 12.0. The predicted molar refractivity (Wildman–Crippen MR) is 168 cm³/mol. The highest BCUT2D eigenvalue weighted by Gasteiger charge is 2.43. The Hall–Kier alpha value is -4.82. The second kappa shape index (κ2) is 14.1. The Balaban J connectivity index is 1.35. The van der Waals surface area contributed by atoms with E-state index < -0.39 is 18.0 Å². The fourth-order valence-electron chi connectivity index (χ4n) is 6.87. The van der Waals surface area contributed by atoms with E-state index in [0.29, 0.717) is 55.3 Å². The summed E-state index contributed by atoms with van der Waals surface area (Å²) >= 11 is 0. The van der Waals surface area contributed by atoms with Crippen molar-refractivity contribution in [2.45, 2.75) is 37.6 Å². The number of amides is 1. The van der Waals surface area contributed by atoms with E-state index in [9.17, 15) is 22.8 Å². The highest BCUT2D eigenvalue weighted by atomic mass is 19.4. The van der Waals surface area contributed by atoms with Crippen LogP contribution in [0.1, 0.15) is 35.4 Å². The summed E-state index contributed by atoms with van der Waals surface area (Å²) in [4.78, 5) is 30.9. The third kappa shape index (κ3) is 7.19. The van der Waals surface area contributed by atoms with E-state index in [0.717, 1.165) is 11.1 Å². The van der Waals surface area contributed by atoms with Crippen LogP contribution < -0.4 is 4.74 Å². The number of esters is 1. The van der Waals surface area contributed by atoms with Crippen LogP contribution in [0.5, 0.6) is 5.75 Å². The summed E-state index contributed by atoms with van der Waals surface area (Å²) in [6.45, 7) is 4.09. The molecule has 0 saturated carbocycles. The lowest BCUT2D eigenvalue weighted by atomic mass is 9.81. The molecule has 14 heteroatoms. The molecule has 2 fully saturated rings. The van der Waals surface area contributed by atoms with E-state index in [4.69, 9.17) is 9.47 Å². The van der Waals surface area contributed by atoms with Crippen molar-refractivity contribution in [3.63, 3.8) is 0 Å². The van der Waals surface area contributed by atoms with Crippen LogP contribution in [0, 0.1) is 0 Å². The number of fused-ring (bicyclic) bond motifs is 1. The maximum Gasteiger partial charge on any atom is 0.453 e. The first kappa shape index (κ1) is 33.1. The summed E-state index contributed by atoms with van der Waals surface area (Å²) in [5, 5.41) is 10.1. The Labute approximate surface area is 275 Å². The molecule has 4 aromatic rings. The molecule has 252 valence electrons. The molecular formula is C34H36F3N7O4. The van der Waals surface area contributed by atoms with Gasteiger partial charge in [-0.05, 0) is 39.8 Å². The summed E-state index contributed by atoms with van der Waals surface area (Å²) in [6.07, 6.45) is -4.74. The molecule has 6 rings (SSSR count). The zero-order valence-corrected chi connectivity index (χ0v) is 26.6. The molecule has 2 atom stereocenters. The van der Waals surface area contributed by atoms with Gasteiger partial charge in [-0.25, -0.2) is 0 Å². The largest absolute Gasteiger partial charge is 0.496 e. The number of tetrazole rings is 1. The summed E-state index contributed by atoms with van der Waals surface area (Å²) in [6, 6.07) is 25.2. The van der Waals surface area contributed by atoms with E-state index in [1.54, 1.807) is 17.0 Å². The zero-order valence-electron chi connectivity index (χ0n) is 26.6. The van der Waals surface area contributed by atoms with Crippen molar-refractivity contribution in [2.75, 3.05) is 46.4 Å². The van der Waals surface area contributed by atoms with Crippen LogP contribution >= 0.6 is 0 Å². The van der Waals surface area contributed by atoms with Crippen LogP contribution in [0.25, 0.3) is 5.69 Å². The van der Waals surface area contributed by atoms with Crippen molar-refractivity contribution >= 4 is 11.9 Å². The van der Waals surface area contributed by atoms with Crippen molar-refractivity contribution in [2.24, 2.45) is 0 Å². The number of aromatic nitrogens is 4. The molecule has 2 aliphatic rings. The van der Waals surface area contributed by atoms with Crippen LogP contribution in [-0.4, -0.2) is 105 Å². The van der Waals surface area contributed by atoms with Gasteiger partial charge in [0.15, 0.2) is 6.61 Å². The third-order valence-electron chi connectivity index (χ3n) is 8.95. The Morgan fingerprint density at radius 3 is 2.25 bits per heavy atom. The average molecular weight is 664 g/mol. The van der Waals surface area contributed by atoms with Crippen molar-refractivity contribution in [3.05, 3.63) is 101 Å². The van der Waals surface area contributed by atoms with E-state index in [-0.39, 0.29) is 36.2 Å². The summed E-state index contributed by atoms with van der Waals surface area (Å²) in [5.74, 6) is -1.48. The van der Waals surface area contributed by atoms with Gasteiger partial charge >= 0.3 is 12.1 Å². The first-order valence-electron chi connectivity index (χ1n) is 15.6. The Morgan fingerprint density at radius 2 is 1.62 bits per heavy atom. The van der Waals surface area contributed by atoms with E-state index in [1.165, 1.54) is 20.1 Å². The number of nitrogens with zero attached hydrogens (tertiary/aromatic N) is 7. The standard InChI is InChI=1S/C34H36F3N7O4/c1-23(45)48-22-31(46)42-15-16-43-28(20-42)19-41(21-29(43)32(24-9-5-3-6-10-24)25-11-7-4-8-12-25)18-26-17-27(13-14-30(26)47-2)44-33(34(35,36)37)38-39-40-44/h3-14,17,28-29,32H,15-16,18-22H2,1-2H3. The lowest BCUT2D eigenvalue weighted by Crippen LogP contribution is -2.67. The van der Waals surface area contributed by atoms with Crippen LogP contribution in [-0.2, 0) is 27.0 Å². The van der Waals surface area contributed by atoms with Gasteiger partial charge in [0.1, 0.15) is 5.75 Å². The number of ether oxygens (including phenoxy) is 2. The van der Waals surface area contributed by atoms with Gasteiger partial charge in [-0.3, -0.25) is 19.4 Å². The third-order valence-corrected chi connectivity index (χ3v) is 8.95. The Morgan fingerprint density at radius 1 is 0.938 bits per heavy atom. The number of rotatable bonds is 9. The van der Waals surface area contributed by atoms with E-state index in [2.05, 4.69) is 49.6 Å². The minimum absolute atomic E-state index is 0.00945. The van der Waals surface area contributed by atoms with Gasteiger partial charge < -0.3 is 14.4 Å². The van der Waals surface area contributed by atoms with Crippen LogP contribution in [0.15, 0.2) is 78.9 Å². The fourth-order valence-corrected chi connectivity index (χ4v) is 6.87. The highest BCUT2D eigenvalue weighted by Crippen LogP contribution is 2.37. The van der Waals surface area contributed by atoms with Crippen molar-refractivity contribution in [1.29, 1.82) is 0 Å². The van der Waals surface area contributed by atoms with Gasteiger partial charge in [0.05, 0.1) is 12.8 Å². The molecule has 3 aromatic carbocycles. The minimum atomic E-state index is -4.74. The molecular weight excluding hydrogens is 627 g/mol. The molecule has 1 aromatic heterocycles. The van der Waals surface area contributed by atoms with Gasteiger partial charge in [-0.1, -0.05) is 60.7 Å². The minimum Gasteiger partial charge on any atom is -0.496 e. The first-order chi connectivity index (χ1) is 23.1. The van der Waals surface area contributed by atoms with Gasteiger partial charge in [-0.15, -0.1) is 5.10 Å². The number of carbonyl (C=O) groups excluding carboxylic acids is 2. The SMILES string of the molecule is COc1ccc(-n2nnnc2C(F)(F)F)cc1CN1CC2CN(C(=O)COC(C)=O)CCN2C(C(c2ccccc2)c2ccccc2)C1. The van der Waals surface area contributed by atoms with Gasteiger partial charge in [0.2, 0.25) is 0 Å². The fraction of sp³-hybridized carbons (Fsp3) is 0.382. The van der Waals surface area contributed by atoms with E-state index in [1.807, 2.05) is 36.4 Å². The van der Waals surface area contributed by atoms with Gasteiger partial charge in [0.25, 0.3) is 11.7 Å². The molecule has 2 unspecified atom stereocenters. The summed E-state index contributed by atoms with van der Waals surface area (Å²) in [7, 11) is 1.52. The number of methoxy groups -OCH3 is 1. The molecule has 2 saturated heterocycles. The summed E-state index contributed by atoms with van der Waals surface area (Å²) < 4.78 is 52.3. The van der Waals surface area contributed by atoms with Crippen LogP contribution in [0.3, 0.4) is 0 Å². The van der Waals surface area contributed by atoms with Gasteiger partial charge in [0, 0.05) is 69.8 Å². The number of hydrogen-bond acceptors (Lipinski definition) is 9. The van der Waals surface area contributed by atoms with Crippen molar-refractivity contribution in [1.82, 2.24) is 34.9 Å². The number of carbonyl (C=O) groups is 2. The monoisotopic (exact) mass is 663 g/mol. The lowest BCUT2D eigenvalue weighted by Gasteiger charge is -2.53. The average Bonchev–Trinajstić information content (AvgIpc) is 3.59. The molecule has 3 heterocycles. The normalized spacial score (nSPS) is 18.8. The number of hydrogen-bond donors (Lipinski definition) is 0. The quantitative estimate of drug-likeness (QED) is 0.248. The zero-order chi connectivity index (χ0) is 33.8. The number of piperazine rings is 2. The molecule has 2 aliphatic heterocycles. The topological polar surface area (TPSA) is 106 Å². The molecule has 0 spiro atoms. The summed E-state index contributed by atoms with van der Waals surface area (Å²) in [5.41, 5.74) is 3.13. The molecule has 0 radical (unpaired) electrons. The maximum absolute atomic E-state index is 13.7. The molecule has 48 heavy (non-hydrogen) atoms. The molecule has 1 amide bonds. The van der Waals surface area contributed by atoms with Crippen molar-refractivity contribution < 1.29 is 32.2 Å². The van der Waals surface area contributed by atoms with E-state index >= 15 is 0 Å². The number of halogens is 3. The molecule has 11 nitrogen and oxygen atoms in total. The first-order valence-corrected chi connectivity index (χ1v) is 15.6. The predicted octanol–water partition coefficient (Wildman–Crippen LogP) is 3.78. The Kier molecular flexibility index (Phi) is 9.73.